The van der Waals surface area contributed by atoms with Gasteiger partial charge in [-0.15, -0.1) is 0 Å². The quantitative estimate of drug-likeness (QED) is 0.197. The lowest BCUT2D eigenvalue weighted by Gasteiger charge is -2.23. The Kier molecular flexibility index (Phi) is 9.90. The van der Waals surface area contributed by atoms with Gasteiger partial charge in [0.1, 0.15) is 0 Å². The largest absolute Gasteiger partial charge is 0.480 e. The Balaban J connectivity index is 1.67. The molecule has 5 N–H and O–H groups in total. The number of aliphatic carboxylic acids is 1. The molecule has 0 aliphatic heterocycles. The van der Waals surface area contributed by atoms with Gasteiger partial charge in [-0.25, -0.2) is 0 Å². The maximum atomic E-state index is 13.0. The second kappa shape index (κ2) is 13.1. The summed E-state index contributed by atoms with van der Waals surface area (Å²) in [6.45, 7) is 0.789. The van der Waals surface area contributed by atoms with Crippen LogP contribution in [0.15, 0.2) is 52.1 Å². The summed E-state index contributed by atoms with van der Waals surface area (Å²) in [5, 5.41) is 18.7. The first-order valence-corrected chi connectivity index (χ1v) is 12.2. The normalized spacial score (nSPS) is 15.2. The van der Waals surface area contributed by atoms with E-state index >= 15 is 0 Å². The van der Waals surface area contributed by atoms with Crippen molar-refractivity contribution in [2.24, 2.45) is 11.1 Å². The van der Waals surface area contributed by atoms with Crippen LogP contribution < -0.4 is 16.4 Å². The molecule has 1 aliphatic rings. The molecule has 8 nitrogen and oxygen atoms in total. The van der Waals surface area contributed by atoms with Gasteiger partial charge < -0.3 is 26.3 Å². The molecule has 0 aromatic heterocycles. The molecule has 1 atom stereocenters. The van der Waals surface area contributed by atoms with E-state index in [1.165, 1.54) is 25.5 Å². The highest BCUT2D eigenvalue weighted by molar-refractivity contribution is 9.10. The number of nitrogens with two attached hydrogens (primary N) is 1. The van der Waals surface area contributed by atoms with E-state index in [0.717, 1.165) is 28.4 Å². The summed E-state index contributed by atoms with van der Waals surface area (Å²) in [5.41, 5.74) is 8.70. The summed E-state index contributed by atoms with van der Waals surface area (Å²) in [4.78, 5) is 29.4. The molecule has 3 rings (SSSR count). The Bertz CT molecular complexity index is 1010. The zero-order valence-corrected chi connectivity index (χ0v) is 20.6. The molecular weight excluding hydrogens is 500 g/mol. The molecule has 1 fully saturated rings. The van der Waals surface area contributed by atoms with Crippen molar-refractivity contribution < 1.29 is 19.5 Å². The number of halogens is 1. The van der Waals surface area contributed by atoms with Crippen molar-refractivity contribution in [2.75, 3.05) is 18.8 Å². The van der Waals surface area contributed by atoms with E-state index in [4.69, 9.17) is 15.7 Å². The van der Waals surface area contributed by atoms with Crippen LogP contribution in [0.4, 0.5) is 5.69 Å². The molecule has 0 bridgehead atoms. The van der Waals surface area contributed by atoms with Crippen LogP contribution in [0.1, 0.15) is 54.9 Å². The Hall–Kier alpha value is -2.91. The second-order valence-corrected chi connectivity index (χ2v) is 9.40. The Labute approximate surface area is 208 Å². The average Bonchev–Trinajstić information content (AvgIpc) is 2.82. The summed E-state index contributed by atoms with van der Waals surface area (Å²) >= 11 is 3.45. The van der Waals surface area contributed by atoms with Gasteiger partial charge in [0.15, 0.2) is 0 Å². The molecule has 2 aromatic carbocycles. The summed E-state index contributed by atoms with van der Waals surface area (Å²) < 4.78 is 0.847. The number of nitrogens with one attached hydrogen (secondary N) is 2. The van der Waals surface area contributed by atoms with Gasteiger partial charge in [-0.1, -0.05) is 58.5 Å². The molecule has 1 saturated carbocycles. The molecule has 9 heteroatoms. The fraction of sp³-hybridized carbons (Fsp3) is 0.400. The number of carboxylic acids is 1. The third-order valence-corrected chi connectivity index (χ3v) is 6.30. The minimum absolute atomic E-state index is 0.162. The van der Waals surface area contributed by atoms with Gasteiger partial charge in [0.05, 0.1) is 12.8 Å². The molecular formula is C25H31BrN4O4. The van der Waals surface area contributed by atoms with E-state index < -0.39 is 12.1 Å². The molecule has 0 spiro atoms. The molecule has 1 unspecified atom stereocenters. The summed E-state index contributed by atoms with van der Waals surface area (Å²) in [6.07, 6.45) is 6.61. The number of nitrogen functional groups attached to an aromatic ring is 1. The van der Waals surface area contributed by atoms with E-state index in [-0.39, 0.29) is 12.5 Å². The van der Waals surface area contributed by atoms with Gasteiger partial charge in [0, 0.05) is 28.8 Å². The van der Waals surface area contributed by atoms with Crippen LogP contribution in [0, 0.1) is 5.92 Å². The number of carbonyl (C=O) groups excluding carboxylic acids is 1. The Morgan fingerprint density at radius 1 is 1.21 bits per heavy atom. The third kappa shape index (κ3) is 8.14. The van der Waals surface area contributed by atoms with Gasteiger partial charge in [-0.2, -0.15) is 0 Å². The smallest absolute Gasteiger partial charge is 0.317 e. The van der Waals surface area contributed by atoms with Crippen LogP contribution in [0.25, 0.3) is 0 Å². The predicted octanol–water partition coefficient (Wildman–Crippen LogP) is 3.99. The van der Waals surface area contributed by atoms with Crippen molar-refractivity contribution in [3.63, 3.8) is 0 Å². The predicted molar refractivity (Wildman–Crippen MR) is 135 cm³/mol. The molecule has 0 saturated heterocycles. The van der Waals surface area contributed by atoms with Gasteiger partial charge in [0.2, 0.25) is 6.10 Å². The Morgan fingerprint density at radius 3 is 2.74 bits per heavy atom. The van der Waals surface area contributed by atoms with E-state index in [1.807, 2.05) is 24.3 Å². The third-order valence-electron chi connectivity index (χ3n) is 5.81. The van der Waals surface area contributed by atoms with Crippen LogP contribution in [0.3, 0.4) is 0 Å². The van der Waals surface area contributed by atoms with Gasteiger partial charge in [0.25, 0.3) is 5.91 Å². The maximum Gasteiger partial charge on any atom is 0.317 e. The molecule has 1 aliphatic carbocycles. The maximum absolute atomic E-state index is 13.0. The number of benzene rings is 2. The van der Waals surface area contributed by atoms with Crippen LogP contribution in [0.2, 0.25) is 0 Å². The molecule has 34 heavy (non-hydrogen) atoms. The van der Waals surface area contributed by atoms with Crippen molar-refractivity contribution in [1.29, 1.82) is 0 Å². The Morgan fingerprint density at radius 2 is 2.00 bits per heavy atom. The van der Waals surface area contributed by atoms with E-state index in [1.54, 1.807) is 18.2 Å². The van der Waals surface area contributed by atoms with Gasteiger partial charge in [-0.3, -0.25) is 9.59 Å². The van der Waals surface area contributed by atoms with Gasteiger partial charge >= 0.3 is 5.97 Å². The fourth-order valence-corrected chi connectivity index (χ4v) is 4.39. The summed E-state index contributed by atoms with van der Waals surface area (Å²) in [7, 11) is 0. The highest BCUT2D eigenvalue weighted by atomic mass is 79.9. The van der Waals surface area contributed by atoms with Crippen LogP contribution in [-0.2, 0) is 21.0 Å². The van der Waals surface area contributed by atoms with Crippen molar-refractivity contribution >= 4 is 39.7 Å². The van der Waals surface area contributed by atoms with Crippen molar-refractivity contribution in [3.05, 3.63) is 63.6 Å². The molecule has 2 aromatic rings. The number of rotatable bonds is 11. The lowest BCUT2D eigenvalue weighted by molar-refractivity contribution is -0.136. The molecule has 0 heterocycles. The first-order chi connectivity index (χ1) is 16.4. The summed E-state index contributed by atoms with van der Waals surface area (Å²) in [6, 6.07) is 12.7. The lowest BCUT2D eigenvalue weighted by Crippen LogP contribution is -2.34. The molecule has 182 valence electrons. The van der Waals surface area contributed by atoms with E-state index in [0.29, 0.717) is 30.3 Å². The number of hydrogen-bond donors (Lipinski definition) is 4. The topological polar surface area (TPSA) is 126 Å². The number of oxime groups is 1. The van der Waals surface area contributed by atoms with Gasteiger partial charge in [-0.05, 0) is 54.2 Å². The highest BCUT2D eigenvalue weighted by Gasteiger charge is 2.24. The van der Waals surface area contributed by atoms with Crippen LogP contribution in [-0.4, -0.2) is 36.3 Å². The minimum atomic E-state index is -0.940. The van der Waals surface area contributed by atoms with Crippen molar-refractivity contribution in [1.82, 2.24) is 10.6 Å². The molecule has 0 radical (unpaired) electrons. The van der Waals surface area contributed by atoms with E-state index in [9.17, 15) is 9.59 Å². The second-order valence-electron chi connectivity index (χ2n) is 8.48. The lowest BCUT2D eigenvalue weighted by atomic mass is 9.89. The zero-order chi connectivity index (χ0) is 24.3. The monoisotopic (exact) mass is 530 g/mol. The summed E-state index contributed by atoms with van der Waals surface area (Å²) in [5.74, 6) is -0.658. The number of amides is 1. The SMILES string of the molecule is Nc1ccc(C=NOC(C(=O)NCC2CCCCC2)c2cccc(Br)c2)cc1CNCC(=O)O. The highest BCUT2D eigenvalue weighted by Crippen LogP contribution is 2.25. The zero-order valence-electron chi connectivity index (χ0n) is 19.0. The fourth-order valence-electron chi connectivity index (χ4n) is 3.97. The van der Waals surface area contributed by atoms with Crippen molar-refractivity contribution in [3.8, 4) is 0 Å². The number of nitrogens with zero attached hydrogens (tertiary/aromatic N) is 1. The number of hydrogen-bond acceptors (Lipinski definition) is 6. The van der Waals surface area contributed by atoms with E-state index in [2.05, 4.69) is 31.7 Å². The standard InChI is InChI=1S/C25H31BrN4O4/c26-21-8-4-7-19(12-21)24(25(33)29-13-17-5-2-1-3-6-17)34-30-14-18-9-10-22(27)20(11-18)15-28-16-23(31)32/h4,7-12,14,17,24,28H,1-3,5-6,13,15-16,27H2,(H,29,33)(H,31,32). The number of anilines is 1. The number of carbonyl (C=O) groups is 2. The van der Waals surface area contributed by atoms with Crippen LogP contribution >= 0.6 is 15.9 Å². The first-order valence-electron chi connectivity index (χ1n) is 11.5. The van der Waals surface area contributed by atoms with Crippen LogP contribution in [0.5, 0.6) is 0 Å². The number of carboxylic acid groups (broad SMARTS) is 1. The average molecular weight is 531 g/mol. The minimum Gasteiger partial charge on any atom is -0.480 e. The van der Waals surface area contributed by atoms with Crippen molar-refractivity contribution in [2.45, 2.75) is 44.8 Å². The first kappa shape index (κ1) is 25.7. The molecule has 1 amide bonds.